The molecule has 0 bridgehead atoms. The first kappa shape index (κ1) is 14.0. The van der Waals surface area contributed by atoms with Gasteiger partial charge in [0.15, 0.2) is 0 Å². The smallest absolute Gasteiger partial charge is 0.222 e. The molecule has 0 saturated heterocycles. The number of rotatable bonds is 5. The highest BCUT2D eigenvalue weighted by Gasteiger charge is 2.14. The van der Waals surface area contributed by atoms with Gasteiger partial charge in [0.2, 0.25) is 5.91 Å². The van der Waals surface area contributed by atoms with E-state index in [4.69, 9.17) is 0 Å². The third kappa shape index (κ3) is 3.75. The van der Waals surface area contributed by atoms with E-state index in [-0.39, 0.29) is 18.2 Å². The molecule has 0 radical (unpaired) electrons. The van der Waals surface area contributed by atoms with Crippen LogP contribution in [0, 0.1) is 5.92 Å². The summed E-state index contributed by atoms with van der Waals surface area (Å²) in [7, 11) is 0. The number of aliphatic hydroxyl groups is 1. The van der Waals surface area contributed by atoms with Crippen LogP contribution in [0.15, 0.2) is 24.3 Å². The number of nitrogens with zero attached hydrogens (tertiary/aromatic N) is 1. The van der Waals surface area contributed by atoms with E-state index < -0.39 is 6.10 Å². The average Bonchev–Trinajstić information content (AvgIpc) is 2.78. The fourth-order valence-electron chi connectivity index (χ4n) is 1.67. The van der Waals surface area contributed by atoms with Crippen LogP contribution in [0.4, 0.5) is 0 Å². The molecule has 2 N–H and O–H groups in total. The summed E-state index contributed by atoms with van der Waals surface area (Å²) in [4.78, 5) is 16.1. The standard InChI is InChI=1S/C14H18N2O2S/c1-9(2)11(17)7-13(18)15-8-14-16-10-5-3-4-6-12(10)19-14/h3-6,9,11,17H,7-8H2,1-2H3,(H,15,18). The lowest BCUT2D eigenvalue weighted by atomic mass is 10.0. The lowest BCUT2D eigenvalue weighted by Gasteiger charge is -2.13. The molecule has 19 heavy (non-hydrogen) atoms. The number of benzene rings is 1. The fraction of sp³-hybridized carbons (Fsp3) is 0.429. The van der Waals surface area contributed by atoms with Crippen molar-refractivity contribution in [2.45, 2.75) is 32.9 Å². The number of fused-ring (bicyclic) bond motifs is 1. The van der Waals surface area contributed by atoms with Crippen molar-refractivity contribution in [3.8, 4) is 0 Å². The van der Waals surface area contributed by atoms with Gasteiger partial charge in [-0.1, -0.05) is 26.0 Å². The normalized spacial score (nSPS) is 12.8. The Morgan fingerprint density at radius 3 is 2.84 bits per heavy atom. The summed E-state index contributed by atoms with van der Waals surface area (Å²) in [5.74, 6) is -0.0475. The van der Waals surface area contributed by atoms with Crippen molar-refractivity contribution in [3.63, 3.8) is 0 Å². The minimum atomic E-state index is -0.588. The molecule has 1 heterocycles. The van der Waals surface area contributed by atoms with Crippen molar-refractivity contribution in [3.05, 3.63) is 29.3 Å². The molecule has 2 rings (SSSR count). The van der Waals surface area contributed by atoms with Gasteiger partial charge in [-0.05, 0) is 18.1 Å². The Morgan fingerprint density at radius 2 is 2.16 bits per heavy atom. The summed E-state index contributed by atoms with van der Waals surface area (Å²) in [6.07, 6.45) is -0.446. The number of aliphatic hydroxyl groups excluding tert-OH is 1. The van der Waals surface area contributed by atoms with Gasteiger partial charge in [-0.2, -0.15) is 0 Å². The molecule has 0 spiro atoms. The molecule has 1 amide bonds. The maximum absolute atomic E-state index is 11.7. The molecule has 5 heteroatoms. The van der Waals surface area contributed by atoms with Crippen molar-refractivity contribution in [1.82, 2.24) is 10.3 Å². The van der Waals surface area contributed by atoms with Crippen LogP contribution in [-0.2, 0) is 11.3 Å². The topological polar surface area (TPSA) is 62.2 Å². The summed E-state index contributed by atoms with van der Waals surface area (Å²) in [5.41, 5.74) is 0.957. The molecule has 2 aromatic rings. The number of hydrogen-bond acceptors (Lipinski definition) is 4. The molecule has 0 fully saturated rings. The van der Waals surface area contributed by atoms with Crippen molar-refractivity contribution in [2.75, 3.05) is 0 Å². The third-order valence-corrected chi connectivity index (χ3v) is 3.98. The monoisotopic (exact) mass is 278 g/mol. The number of nitrogens with one attached hydrogen (secondary N) is 1. The van der Waals surface area contributed by atoms with Crippen LogP contribution in [-0.4, -0.2) is 22.1 Å². The summed E-state index contributed by atoms with van der Waals surface area (Å²) >= 11 is 1.58. The minimum absolute atomic E-state index is 0.0909. The minimum Gasteiger partial charge on any atom is -0.392 e. The largest absolute Gasteiger partial charge is 0.392 e. The molecule has 0 saturated carbocycles. The van der Waals surface area contributed by atoms with E-state index in [2.05, 4.69) is 10.3 Å². The number of amides is 1. The summed E-state index contributed by atoms with van der Waals surface area (Å²) in [6.45, 7) is 4.21. The maximum atomic E-state index is 11.7. The maximum Gasteiger partial charge on any atom is 0.222 e. The van der Waals surface area contributed by atoms with E-state index in [1.54, 1.807) is 11.3 Å². The molecular weight excluding hydrogens is 260 g/mol. The average molecular weight is 278 g/mol. The summed E-state index contributed by atoms with van der Waals surface area (Å²) < 4.78 is 1.12. The molecule has 1 atom stereocenters. The first-order valence-electron chi connectivity index (χ1n) is 6.35. The van der Waals surface area contributed by atoms with Gasteiger partial charge in [-0.3, -0.25) is 4.79 Å². The third-order valence-electron chi connectivity index (χ3n) is 2.94. The van der Waals surface area contributed by atoms with Gasteiger partial charge in [0, 0.05) is 0 Å². The summed E-state index contributed by atoms with van der Waals surface area (Å²) in [6, 6.07) is 7.89. The van der Waals surface area contributed by atoms with Gasteiger partial charge >= 0.3 is 0 Å². The van der Waals surface area contributed by atoms with E-state index in [0.29, 0.717) is 6.54 Å². The zero-order valence-corrected chi connectivity index (χ0v) is 11.9. The number of carbonyl (C=O) groups excluding carboxylic acids is 1. The van der Waals surface area contributed by atoms with Crippen molar-refractivity contribution >= 4 is 27.5 Å². The van der Waals surface area contributed by atoms with Gasteiger partial charge in [0.1, 0.15) is 5.01 Å². The Balaban J connectivity index is 1.90. The van der Waals surface area contributed by atoms with E-state index in [9.17, 15) is 9.90 Å². The van der Waals surface area contributed by atoms with Crippen molar-refractivity contribution in [1.29, 1.82) is 0 Å². The quantitative estimate of drug-likeness (QED) is 0.882. The highest BCUT2D eigenvalue weighted by atomic mass is 32.1. The highest BCUT2D eigenvalue weighted by Crippen LogP contribution is 2.21. The number of hydrogen-bond donors (Lipinski definition) is 2. The zero-order valence-electron chi connectivity index (χ0n) is 11.1. The molecule has 0 aliphatic carbocycles. The Labute approximate surface area is 116 Å². The lowest BCUT2D eigenvalue weighted by molar-refractivity contribution is -0.123. The Hall–Kier alpha value is -1.46. The number of aromatic nitrogens is 1. The summed E-state index contributed by atoms with van der Waals surface area (Å²) in [5, 5.41) is 13.3. The van der Waals surface area contributed by atoms with Crippen LogP contribution in [0.3, 0.4) is 0 Å². The van der Waals surface area contributed by atoms with Gasteiger partial charge < -0.3 is 10.4 Å². The van der Waals surface area contributed by atoms with Crippen LogP contribution in [0.2, 0.25) is 0 Å². The second-order valence-corrected chi connectivity index (χ2v) is 5.98. The van der Waals surface area contributed by atoms with E-state index >= 15 is 0 Å². The number of para-hydroxylation sites is 1. The zero-order chi connectivity index (χ0) is 13.8. The number of thiazole rings is 1. The lowest BCUT2D eigenvalue weighted by Crippen LogP contribution is -2.29. The molecule has 0 aliphatic heterocycles. The Bertz CT molecular complexity index is 532. The molecular formula is C14H18N2O2S. The predicted octanol–water partition coefficient (Wildman–Crippen LogP) is 2.32. The molecule has 1 aromatic heterocycles. The van der Waals surface area contributed by atoms with Crippen LogP contribution in [0.5, 0.6) is 0 Å². The Morgan fingerprint density at radius 1 is 1.42 bits per heavy atom. The Kier molecular flexibility index (Phi) is 4.50. The SMILES string of the molecule is CC(C)C(O)CC(=O)NCc1nc2ccccc2s1. The predicted molar refractivity (Wildman–Crippen MR) is 76.9 cm³/mol. The first-order valence-corrected chi connectivity index (χ1v) is 7.17. The molecule has 1 unspecified atom stereocenters. The van der Waals surface area contributed by atoms with Crippen LogP contribution < -0.4 is 5.32 Å². The first-order chi connectivity index (χ1) is 9.06. The highest BCUT2D eigenvalue weighted by molar-refractivity contribution is 7.18. The molecule has 102 valence electrons. The van der Waals surface area contributed by atoms with Gasteiger partial charge in [-0.15, -0.1) is 11.3 Å². The van der Waals surface area contributed by atoms with Crippen LogP contribution >= 0.6 is 11.3 Å². The van der Waals surface area contributed by atoms with Crippen LogP contribution in [0.25, 0.3) is 10.2 Å². The molecule has 4 nitrogen and oxygen atoms in total. The second kappa shape index (κ2) is 6.12. The molecule has 1 aromatic carbocycles. The van der Waals surface area contributed by atoms with Crippen LogP contribution in [0.1, 0.15) is 25.3 Å². The van der Waals surface area contributed by atoms with Crippen molar-refractivity contribution in [2.24, 2.45) is 5.92 Å². The van der Waals surface area contributed by atoms with Gasteiger partial charge in [0.05, 0.1) is 29.3 Å². The van der Waals surface area contributed by atoms with Gasteiger partial charge in [-0.25, -0.2) is 4.98 Å². The van der Waals surface area contributed by atoms with E-state index in [1.807, 2.05) is 38.1 Å². The fourth-order valence-corrected chi connectivity index (χ4v) is 2.57. The van der Waals surface area contributed by atoms with Crippen molar-refractivity contribution < 1.29 is 9.90 Å². The van der Waals surface area contributed by atoms with E-state index in [1.165, 1.54) is 0 Å². The number of carbonyl (C=O) groups is 1. The van der Waals surface area contributed by atoms with Gasteiger partial charge in [0.25, 0.3) is 0 Å². The van der Waals surface area contributed by atoms with E-state index in [0.717, 1.165) is 15.2 Å². The second-order valence-electron chi connectivity index (χ2n) is 4.87. The molecule has 0 aliphatic rings.